The summed E-state index contributed by atoms with van der Waals surface area (Å²) in [5, 5.41) is 4.07. The molecule has 0 saturated carbocycles. The fraction of sp³-hybridized carbons (Fsp3) is 0.800. The minimum atomic E-state index is 0.00701. The number of hydrogen-bond acceptors (Lipinski definition) is 6. The van der Waals surface area contributed by atoms with E-state index in [-0.39, 0.29) is 18.1 Å². The molecule has 3 saturated heterocycles. The SMILES string of the molecule is Cc1cc(CN2CC3(C[C@@H](CCOCC(=O)N4CCCC4)CCO3)C2)no1. The molecule has 3 aliphatic heterocycles. The highest BCUT2D eigenvalue weighted by Gasteiger charge is 2.47. The lowest BCUT2D eigenvalue weighted by atomic mass is 9.79. The highest BCUT2D eigenvalue weighted by Crippen LogP contribution is 2.38. The van der Waals surface area contributed by atoms with Crippen molar-refractivity contribution in [3.8, 4) is 0 Å². The van der Waals surface area contributed by atoms with Gasteiger partial charge in [-0.15, -0.1) is 0 Å². The van der Waals surface area contributed by atoms with Crippen LogP contribution in [0.1, 0.15) is 43.6 Å². The van der Waals surface area contributed by atoms with E-state index in [1.54, 1.807) is 0 Å². The van der Waals surface area contributed by atoms with E-state index in [1.807, 2.05) is 17.9 Å². The Bertz CT molecular complexity index is 635. The van der Waals surface area contributed by atoms with Crippen LogP contribution in [-0.2, 0) is 20.8 Å². The summed E-state index contributed by atoms with van der Waals surface area (Å²) in [7, 11) is 0. The Morgan fingerprint density at radius 3 is 2.93 bits per heavy atom. The van der Waals surface area contributed by atoms with Crippen LogP contribution in [0.15, 0.2) is 10.6 Å². The van der Waals surface area contributed by atoms with E-state index in [4.69, 9.17) is 14.0 Å². The van der Waals surface area contributed by atoms with E-state index in [1.165, 1.54) is 0 Å². The molecular weight excluding hydrogens is 346 g/mol. The van der Waals surface area contributed by atoms with Crippen molar-refractivity contribution >= 4 is 5.91 Å². The van der Waals surface area contributed by atoms with E-state index in [0.29, 0.717) is 12.5 Å². The highest BCUT2D eigenvalue weighted by atomic mass is 16.5. The van der Waals surface area contributed by atoms with Gasteiger partial charge in [0.25, 0.3) is 0 Å². The Morgan fingerprint density at radius 2 is 2.19 bits per heavy atom. The molecule has 4 rings (SSSR count). The molecule has 1 aromatic rings. The summed E-state index contributed by atoms with van der Waals surface area (Å²) >= 11 is 0. The molecule has 1 spiro atoms. The van der Waals surface area contributed by atoms with Gasteiger partial charge in [0, 0.05) is 52.0 Å². The smallest absolute Gasteiger partial charge is 0.248 e. The lowest BCUT2D eigenvalue weighted by Crippen LogP contribution is -2.64. The largest absolute Gasteiger partial charge is 0.372 e. The summed E-state index contributed by atoms with van der Waals surface area (Å²) in [6.45, 7) is 8.20. The first-order valence-corrected chi connectivity index (χ1v) is 10.3. The maximum atomic E-state index is 12.0. The Morgan fingerprint density at radius 1 is 1.37 bits per heavy atom. The van der Waals surface area contributed by atoms with Gasteiger partial charge >= 0.3 is 0 Å². The first-order chi connectivity index (χ1) is 13.1. The van der Waals surface area contributed by atoms with Crippen molar-refractivity contribution in [2.24, 2.45) is 5.92 Å². The van der Waals surface area contributed by atoms with Gasteiger partial charge in [-0.1, -0.05) is 5.16 Å². The number of rotatable bonds is 7. The van der Waals surface area contributed by atoms with E-state index >= 15 is 0 Å². The van der Waals surface area contributed by atoms with Crippen LogP contribution >= 0.6 is 0 Å². The van der Waals surface area contributed by atoms with Gasteiger partial charge in [0.15, 0.2) is 0 Å². The predicted octanol–water partition coefficient (Wildman–Crippen LogP) is 1.99. The second-order valence-electron chi connectivity index (χ2n) is 8.39. The molecule has 3 fully saturated rings. The first-order valence-electron chi connectivity index (χ1n) is 10.3. The third kappa shape index (κ3) is 4.70. The van der Waals surface area contributed by atoms with Crippen LogP contribution in [0, 0.1) is 12.8 Å². The average molecular weight is 377 g/mol. The number of nitrogens with zero attached hydrogens (tertiary/aromatic N) is 3. The normalized spacial score (nSPS) is 25.1. The number of aromatic nitrogens is 1. The minimum absolute atomic E-state index is 0.00701. The molecule has 0 aromatic carbocycles. The van der Waals surface area contributed by atoms with Crippen molar-refractivity contribution in [1.29, 1.82) is 0 Å². The maximum Gasteiger partial charge on any atom is 0.248 e. The van der Waals surface area contributed by atoms with E-state index in [0.717, 1.165) is 82.9 Å². The van der Waals surface area contributed by atoms with Crippen LogP contribution < -0.4 is 0 Å². The number of carbonyl (C=O) groups is 1. The quantitative estimate of drug-likeness (QED) is 0.677. The van der Waals surface area contributed by atoms with Crippen LogP contribution in [0.2, 0.25) is 0 Å². The average Bonchev–Trinajstić information content (AvgIpc) is 3.30. The van der Waals surface area contributed by atoms with Crippen molar-refractivity contribution in [2.75, 3.05) is 46.0 Å². The Balaban J connectivity index is 1.14. The third-order valence-corrected chi connectivity index (χ3v) is 6.04. The van der Waals surface area contributed by atoms with Gasteiger partial charge in [-0.05, 0) is 44.9 Å². The highest BCUT2D eigenvalue weighted by molar-refractivity contribution is 5.77. The predicted molar refractivity (Wildman–Crippen MR) is 99.2 cm³/mol. The molecule has 1 amide bonds. The van der Waals surface area contributed by atoms with E-state index in [9.17, 15) is 4.79 Å². The van der Waals surface area contributed by atoms with E-state index < -0.39 is 0 Å². The van der Waals surface area contributed by atoms with Gasteiger partial charge in [0.2, 0.25) is 5.91 Å². The minimum Gasteiger partial charge on any atom is -0.372 e. The molecule has 7 heteroatoms. The summed E-state index contributed by atoms with van der Waals surface area (Å²) in [4.78, 5) is 16.3. The standard InChI is InChI=1S/C20H31N3O4/c1-16-10-18(21-27-16)12-22-14-20(15-22)11-17(5-9-26-20)4-8-25-13-19(24)23-6-2-3-7-23/h10,17H,2-9,11-15H2,1H3/t17-/m0/s1. The molecule has 0 radical (unpaired) electrons. The number of carbonyl (C=O) groups excluding carboxylic acids is 1. The topological polar surface area (TPSA) is 68.0 Å². The first kappa shape index (κ1) is 18.9. The van der Waals surface area contributed by atoms with Crippen molar-refractivity contribution in [1.82, 2.24) is 15.0 Å². The molecule has 150 valence electrons. The molecule has 0 N–H and O–H groups in total. The summed E-state index contributed by atoms with van der Waals surface area (Å²) in [5.41, 5.74) is 0.998. The molecule has 7 nitrogen and oxygen atoms in total. The monoisotopic (exact) mass is 377 g/mol. The second-order valence-corrected chi connectivity index (χ2v) is 8.39. The molecule has 3 aliphatic rings. The van der Waals surface area contributed by atoms with Gasteiger partial charge in [-0.3, -0.25) is 9.69 Å². The number of ether oxygens (including phenoxy) is 2. The number of hydrogen-bond donors (Lipinski definition) is 0. The second kappa shape index (κ2) is 8.29. The van der Waals surface area contributed by atoms with Crippen LogP contribution in [0.5, 0.6) is 0 Å². The van der Waals surface area contributed by atoms with Crippen LogP contribution in [0.3, 0.4) is 0 Å². The molecule has 0 bridgehead atoms. The number of amides is 1. The zero-order valence-corrected chi connectivity index (χ0v) is 16.3. The summed E-state index contributed by atoms with van der Waals surface area (Å²) < 4.78 is 16.9. The van der Waals surface area contributed by atoms with Crippen molar-refractivity contribution in [3.05, 3.63) is 17.5 Å². The van der Waals surface area contributed by atoms with Crippen molar-refractivity contribution < 1.29 is 18.8 Å². The molecule has 0 aliphatic carbocycles. The van der Waals surface area contributed by atoms with Gasteiger partial charge in [0.05, 0.1) is 11.3 Å². The van der Waals surface area contributed by atoms with Crippen LogP contribution in [0.25, 0.3) is 0 Å². The molecular formula is C20H31N3O4. The van der Waals surface area contributed by atoms with Gasteiger partial charge < -0.3 is 18.9 Å². The van der Waals surface area contributed by atoms with Crippen molar-refractivity contribution in [3.63, 3.8) is 0 Å². The van der Waals surface area contributed by atoms with E-state index in [2.05, 4.69) is 10.1 Å². The lowest BCUT2D eigenvalue weighted by molar-refractivity contribution is -0.182. The number of aryl methyl sites for hydroxylation is 1. The summed E-state index contributed by atoms with van der Waals surface area (Å²) in [6.07, 6.45) is 5.45. The Kier molecular flexibility index (Phi) is 5.80. The van der Waals surface area contributed by atoms with Crippen LogP contribution in [-0.4, -0.2) is 72.5 Å². The van der Waals surface area contributed by atoms with Gasteiger partial charge in [-0.2, -0.15) is 0 Å². The fourth-order valence-electron chi connectivity index (χ4n) is 4.67. The zero-order valence-electron chi connectivity index (χ0n) is 16.3. The molecule has 1 aromatic heterocycles. The zero-order chi connectivity index (χ0) is 18.7. The fourth-order valence-corrected chi connectivity index (χ4v) is 4.67. The maximum absolute atomic E-state index is 12.0. The molecule has 27 heavy (non-hydrogen) atoms. The van der Waals surface area contributed by atoms with Crippen molar-refractivity contribution in [2.45, 2.75) is 51.2 Å². The Labute approximate surface area is 160 Å². The van der Waals surface area contributed by atoms with Gasteiger partial charge in [0.1, 0.15) is 12.4 Å². The summed E-state index contributed by atoms with van der Waals surface area (Å²) in [6, 6.07) is 2.00. The van der Waals surface area contributed by atoms with Gasteiger partial charge in [-0.25, -0.2) is 0 Å². The molecule has 1 atom stereocenters. The third-order valence-electron chi connectivity index (χ3n) is 6.04. The molecule has 0 unspecified atom stereocenters. The number of likely N-dealkylation sites (tertiary alicyclic amines) is 2. The lowest BCUT2D eigenvalue weighted by Gasteiger charge is -2.53. The molecule has 4 heterocycles. The Hall–Kier alpha value is -1.44. The summed E-state index contributed by atoms with van der Waals surface area (Å²) in [5.74, 6) is 1.63. The van der Waals surface area contributed by atoms with Crippen LogP contribution in [0.4, 0.5) is 0 Å².